The van der Waals surface area contributed by atoms with E-state index in [1.54, 1.807) is 23.0 Å². The largest absolute Gasteiger partial charge is 0.382 e. The Bertz CT molecular complexity index is 797. The topological polar surface area (TPSA) is 68.2 Å². The van der Waals surface area contributed by atoms with Crippen LogP contribution in [0.4, 0.5) is 26.1 Å². The molecule has 0 unspecified atom stereocenters. The van der Waals surface area contributed by atoms with E-state index in [4.69, 9.17) is 5.73 Å². The molecule has 0 aliphatic carbocycles. The van der Waals surface area contributed by atoms with Crippen molar-refractivity contribution >= 4 is 23.0 Å². The fourth-order valence-corrected chi connectivity index (χ4v) is 1.90. The molecule has 3 rings (SSSR count). The minimum atomic E-state index is -0.571. The third-order valence-corrected chi connectivity index (χ3v) is 2.89. The smallest absolute Gasteiger partial charge is 0.180 e. The molecule has 2 aromatic heterocycles. The molecule has 2 heterocycles. The number of hydrogen-bond donors (Lipinski definition) is 2. The predicted molar refractivity (Wildman–Crippen MR) is 71.8 cm³/mol. The maximum absolute atomic E-state index is 13.8. The third-order valence-electron chi connectivity index (χ3n) is 2.89. The highest BCUT2D eigenvalue weighted by atomic mass is 19.1. The summed E-state index contributed by atoms with van der Waals surface area (Å²) in [6.45, 7) is 1.49. The Morgan fingerprint density at radius 2 is 2.05 bits per heavy atom. The van der Waals surface area contributed by atoms with Crippen molar-refractivity contribution in [3.05, 3.63) is 47.9 Å². The number of rotatable bonds is 2. The normalized spacial score (nSPS) is 10.9. The number of nitrogens with two attached hydrogens (primary N) is 1. The Morgan fingerprint density at radius 3 is 2.85 bits per heavy atom. The highest BCUT2D eigenvalue weighted by Crippen LogP contribution is 2.24. The lowest BCUT2D eigenvalue weighted by molar-refractivity contribution is 0.595. The lowest BCUT2D eigenvalue weighted by Crippen LogP contribution is -2.03. The lowest BCUT2D eigenvalue weighted by atomic mass is 10.2. The number of fused-ring (bicyclic) bond motifs is 1. The molecule has 0 fully saturated rings. The molecule has 0 aliphatic heterocycles. The summed E-state index contributed by atoms with van der Waals surface area (Å²) >= 11 is 0. The molecule has 20 heavy (non-hydrogen) atoms. The molecule has 3 aromatic rings. The molecule has 0 aliphatic rings. The molecule has 0 spiro atoms. The minimum absolute atomic E-state index is 0.0175. The van der Waals surface area contributed by atoms with Gasteiger partial charge in [-0.2, -0.15) is 0 Å². The Labute approximate surface area is 113 Å². The van der Waals surface area contributed by atoms with Crippen molar-refractivity contribution in [2.75, 3.05) is 11.1 Å². The Balaban J connectivity index is 2.09. The van der Waals surface area contributed by atoms with Gasteiger partial charge < -0.3 is 15.5 Å². The van der Waals surface area contributed by atoms with Crippen LogP contribution in [-0.2, 0) is 0 Å². The second-order valence-corrected chi connectivity index (χ2v) is 4.38. The number of hydrogen-bond acceptors (Lipinski definition) is 4. The first-order valence-corrected chi connectivity index (χ1v) is 5.86. The predicted octanol–water partition coefficient (Wildman–Crippen LogP) is 2.64. The van der Waals surface area contributed by atoms with E-state index in [9.17, 15) is 8.78 Å². The average Bonchev–Trinajstić information content (AvgIpc) is 2.84. The molecule has 5 nitrogen and oxygen atoms in total. The fraction of sp³-hybridized carbons (Fsp3) is 0.0769. The zero-order valence-electron chi connectivity index (χ0n) is 10.6. The van der Waals surface area contributed by atoms with Crippen LogP contribution in [0.2, 0.25) is 0 Å². The van der Waals surface area contributed by atoms with E-state index in [1.807, 2.05) is 0 Å². The number of halogens is 2. The molecule has 0 amide bonds. The Kier molecular flexibility index (Phi) is 2.74. The van der Waals surface area contributed by atoms with Crippen LogP contribution < -0.4 is 11.1 Å². The van der Waals surface area contributed by atoms with Gasteiger partial charge in [0.15, 0.2) is 11.5 Å². The van der Waals surface area contributed by atoms with E-state index in [0.717, 1.165) is 12.1 Å². The summed E-state index contributed by atoms with van der Waals surface area (Å²) in [6.07, 6.45) is 4.83. The number of nitrogens with one attached hydrogen (secondary N) is 1. The maximum Gasteiger partial charge on any atom is 0.180 e. The summed E-state index contributed by atoms with van der Waals surface area (Å²) in [5.41, 5.74) is 6.35. The van der Waals surface area contributed by atoms with E-state index in [2.05, 4.69) is 15.3 Å². The number of aryl methyl sites for hydroxylation is 1. The minimum Gasteiger partial charge on any atom is -0.382 e. The van der Waals surface area contributed by atoms with Gasteiger partial charge in [-0.05, 0) is 18.6 Å². The number of imidazole rings is 1. The summed E-state index contributed by atoms with van der Waals surface area (Å²) in [5, 5.41) is 2.72. The molecule has 7 heteroatoms. The Hall–Kier alpha value is -2.70. The average molecular weight is 275 g/mol. The van der Waals surface area contributed by atoms with Gasteiger partial charge in [-0.15, -0.1) is 0 Å². The molecule has 0 atom stereocenters. The van der Waals surface area contributed by atoms with Gasteiger partial charge in [-0.1, -0.05) is 0 Å². The zero-order valence-corrected chi connectivity index (χ0v) is 10.6. The van der Waals surface area contributed by atoms with Crippen molar-refractivity contribution in [1.82, 2.24) is 14.4 Å². The number of nitrogen functional groups attached to an aromatic ring is 1. The van der Waals surface area contributed by atoms with Gasteiger partial charge in [0.1, 0.15) is 17.5 Å². The molecular formula is C13H11F2N5. The second kappa shape index (κ2) is 4.44. The number of anilines is 3. The van der Waals surface area contributed by atoms with Gasteiger partial charge in [0, 0.05) is 18.5 Å². The highest BCUT2D eigenvalue weighted by Gasteiger charge is 2.11. The van der Waals surface area contributed by atoms with Crippen LogP contribution in [0.15, 0.2) is 30.7 Å². The van der Waals surface area contributed by atoms with E-state index in [-0.39, 0.29) is 22.9 Å². The molecule has 0 radical (unpaired) electrons. The maximum atomic E-state index is 13.8. The SMILES string of the molecule is Cc1cc(F)c(Nc2nc(N)cn3ccnc23)cc1F. The molecule has 0 saturated carbocycles. The Morgan fingerprint density at radius 1 is 1.25 bits per heavy atom. The molecule has 3 N–H and O–H groups in total. The van der Waals surface area contributed by atoms with Crippen LogP contribution in [0.1, 0.15) is 5.56 Å². The highest BCUT2D eigenvalue weighted by molar-refractivity contribution is 5.71. The van der Waals surface area contributed by atoms with E-state index in [1.165, 1.54) is 6.92 Å². The lowest BCUT2D eigenvalue weighted by Gasteiger charge is -2.10. The van der Waals surface area contributed by atoms with Gasteiger partial charge in [0.2, 0.25) is 0 Å². The summed E-state index contributed by atoms with van der Waals surface area (Å²) in [6, 6.07) is 2.20. The molecular weight excluding hydrogens is 264 g/mol. The van der Waals surface area contributed by atoms with Crippen molar-refractivity contribution in [1.29, 1.82) is 0 Å². The number of nitrogens with zero attached hydrogens (tertiary/aromatic N) is 3. The van der Waals surface area contributed by atoms with E-state index in [0.29, 0.717) is 5.65 Å². The first-order chi connectivity index (χ1) is 9.54. The van der Waals surface area contributed by atoms with Gasteiger partial charge in [0.05, 0.1) is 11.9 Å². The van der Waals surface area contributed by atoms with Crippen LogP contribution in [-0.4, -0.2) is 14.4 Å². The van der Waals surface area contributed by atoms with Gasteiger partial charge in [-0.25, -0.2) is 18.7 Å². The van der Waals surface area contributed by atoms with Crippen molar-refractivity contribution < 1.29 is 8.78 Å². The third kappa shape index (κ3) is 2.03. The van der Waals surface area contributed by atoms with Gasteiger partial charge in [-0.3, -0.25) is 0 Å². The molecule has 1 aromatic carbocycles. The van der Waals surface area contributed by atoms with Crippen LogP contribution in [0.3, 0.4) is 0 Å². The van der Waals surface area contributed by atoms with Crippen LogP contribution >= 0.6 is 0 Å². The van der Waals surface area contributed by atoms with Crippen LogP contribution in [0.25, 0.3) is 5.65 Å². The van der Waals surface area contributed by atoms with Crippen molar-refractivity contribution in [2.24, 2.45) is 0 Å². The fourth-order valence-electron chi connectivity index (χ4n) is 1.90. The van der Waals surface area contributed by atoms with Crippen molar-refractivity contribution in [2.45, 2.75) is 6.92 Å². The van der Waals surface area contributed by atoms with Crippen LogP contribution in [0.5, 0.6) is 0 Å². The van der Waals surface area contributed by atoms with Crippen molar-refractivity contribution in [3.8, 4) is 0 Å². The molecule has 0 saturated heterocycles. The summed E-state index contributed by atoms with van der Waals surface area (Å²) in [4.78, 5) is 8.15. The first kappa shape index (κ1) is 12.3. The number of aromatic nitrogens is 3. The van der Waals surface area contributed by atoms with Gasteiger partial charge in [0.25, 0.3) is 0 Å². The van der Waals surface area contributed by atoms with E-state index >= 15 is 0 Å². The monoisotopic (exact) mass is 275 g/mol. The quantitative estimate of drug-likeness (QED) is 0.754. The summed E-state index contributed by atoms with van der Waals surface area (Å²) in [7, 11) is 0. The summed E-state index contributed by atoms with van der Waals surface area (Å²) in [5.74, 6) is -0.571. The van der Waals surface area contributed by atoms with Crippen molar-refractivity contribution in [3.63, 3.8) is 0 Å². The number of benzene rings is 1. The second-order valence-electron chi connectivity index (χ2n) is 4.38. The van der Waals surface area contributed by atoms with E-state index < -0.39 is 11.6 Å². The molecule has 0 bridgehead atoms. The first-order valence-electron chi connectivity index (χ1n) is 5.86. The van der Waals surface area contributed by atoms with Gasteiger partial charge >= 0.3 is 0 Å². The molecule has 102 valence electrons. The zero-order chi connectivity index (χ0) is 14.3. The van der Waals surface area contributed by atoms with Crippen LogP contribution in [0, 0.1) is 18.6 Å². The standard InChI is InChI=1S/C13H11F2N5/c1-7-4-9(15)10(5-8(7)14)18-12-13-17-2-3-20(13)6-11(16)19-12/h2-6H,16H2,1H3,(H,18,19). The summed E-state index contributed by atoms with van der Waals surface area (Å²) < 4.78 is 29.0.